The minimum atomic E-state index is -0.338. The van der Waals surface area contributed by atoms with Gasteiger partial charge in [0.05, 0.1) is 20.8 Å². The fourth-order valence-electron chi connectivity index (χ4n) is 3.60. The topological polar surface area (TPSA) is 67.4 Å². The normalized spacial score (nSPS) is 14.2. The summed E-state index contributed by atoms with van der Waals surface area (Å²) in [7, 11) is 0. The van der Waals surface area contributed by atoms with E-state index in [0.717, 1.165) is 36.1 Å². The molecule has 1 amide bonds. The van der Waals surface area contributed by atoms with Crippen molar-refractivity contribution in [2.75, 3.05) is 29.9 Å². The summed E-state index contributed by atoms with van der Waals surface area (Å²) in [6.45, 7) is 4.07. The molecule has 1 aliphatic heterocycles. The van der Waals surface area contributed by atoms with Crippen LogP contribution in [-0.2, 0) is 4.79 Å². The number of nitrogens with one attached hydrogen (secondary N) is 1. The van der Waals surface area contributed by atoms with Crippen LogP contribution in [0.3, 0.4) is 0 Å². The van der Waals surface area contributed by atoms with Crippen LogP contribution in [0.1, 0.15) is 19.8 Å². The molecule has 33 heavy (non-hydrogen) atoms. The molecular weight excluding hydrogens is 483 g/mol. The number of anilines is 2. The Morgan fingerprint density at radius 1 is 1.03 bits per heavy atom. The average molecular weight is 506 g/mol. The molecule has 3 aromatic rings. The van der Waals surface area contributed by atoms with E-state index in [1.165, 1.54) is 25.0 Å². The first-order chi connectivity index (χ1) is 15.9. The van der Waals surface area contributed by atoms with E-state index < -0.39 is 0 Å². The van der Waals surface area contributed by atoms with Crippen LogP contribution in [0.15, 0.2) is 48.5 Å². The third kappa shape index (κ3) is 6.08. The molecule has 0 bridgehead atoms. The molecular formula is C24H23Cl3N4O2. The van der Waals surface area contributed by atoms with E-state index in [9.17, 15) is 4.79 Å². The summed E-state index contributed by atoms with van der Waals surface area (Å²) in [4.78, 5) is 14.6. The molecule has 1 aliphatic rings. The Labute approximate surface area is 207 Å². The SMILES string of the molecule is CC1CCN(c2ccc(-c3cccc(NC(=O)COc4cc(Cl)c(Cl)cc4Cl)c3)nn2)CC1. The number of halogens is 3. The Hall–Kier alpha value is -2.54. The van der Waals surface area contributed by atoms with Crippen molar-refractivity contribution in [3.63, 3.8) is 0 Å². The number of carbonyl (C=O) groups excluding carboxylic acids is 1. The van der Waals surface area contributed by atoms with E-state index in [0.29, 0.717) is 15.7 Å². The predicted molar refractivity (Wildman–Crippen MR) is 134 cm³/mol. The number of amides is 1. The Bertz CT molecular complexity index is 1130. The summed E-state index contributed by atoms with van der Waals surface area (Å²) in [5, 5.41) is 12.5. The second-order valence-electron chi connectivity index (χ2n) is 8.06. The number of nitrogens with zero attached hydrogens (tertiary/aromatic N) is 3. The maximum Gasteiger partial charge on any atom is 0.262 e. The number of benzene rings is 2. The zero-order valence-electron chi connectivity index (χ0n) is 18.0. The lowest BCUT2D eigenvalue weighted by Gasteiger charge is -2.30. The number of hydrogen-bond donors (Lipinski definition) is 1. The standard InChI is InChI=1S/C24H23Cl3N4O2/c1-15-7-9-31(10-8-15)23-6-5-21(29-30-23)16-3-2-4-17(11-16)28-24(32)14-33-22-13-19(26)18(25)12-20(22)27/h2-6,11-13,15H,7-10,14H2,1H3,(H,28,32). The third-order valence-corrected chi connectivity index (χ3v) is 6.55. The van der Waals surface area contributed by atoms with Crippen LogP contribution in [0.2, 0.25) is 15.1 Å². The van der Waals surface area contributed by atoms with E-state index in [2.05, 4.69) is 27.3 Å². The fourth-order valence-corrected chi connectivity index (χ4v) is 4.19. The summed E-state index contributed by atoms with van der Waals surface area (Å²) in [6.07, 6.45) is 2.35. The molecule has 1 fully saturated rings. The van der Waals surface area contributed by atoms with Gasteiger partial charge in [0.15, 0.2) is 12.4 Å². The Balaban J connectivity index is 1.37. The van der Waals surface area contributed by atoms with E-state index >= 15 is 0 Å². The lowest BCUT2D eigenvalue weighted by molar-refractivity contribution is -0.118. The van der Waals surface area contributed by atoms with E-state index in [1.807, 2.05) is 30.3 Å². The van der Waals surface area contributed by atoms with Gasteiger partial charge in [-0.05, 0) is 49.1 Å². The molecule has 6 nitrogen and oxygen atoms in total. The monoisotopic (exact) mass is 504 g/mol. The summed E-state index contributed by atoms with van der Waals surface area (Å²) in [6, 6.07) is 14.3. The van der Waals surface area contributed by atoms with Crippen LogP contribution >= 0.6 is 34.8 Å². The largest absolute Gasteiger partial charge is 0.482 e. The maximum absolute atomic E-state index is 12.4. The smallest absolute Gasteiger partial charge is 0.262 e. The van der Waals surface area contributed by atoms with Crippen molar-refractivity contribution in [3.8, 4) is 17.0 Å². The van der Waals surface area contributed by atoms with Crippen molar-refractivity contribution >= 4 is 52.2 Å². The molecule has 172 valence electrons. The summed E-state index contributed by atoms with van der Waals surface area (Å²) >= 11 is 18.0. The first kappa shape index (κ1) is 23.6. The zero-order valence-corrected chi connectivity index (χ0v) is 20.3. The Morgan fingerprint density at radius 3 is 2.52 bits per heavy atom. The van der Waals surface area contributed by atoms with Gasteiger partial charge in [0.1, 0.15) is 5.75 Å². The molecule has 0 aliphatic carbocycles. The molecule has 0 radical (unpaired) electrons. The predicted octanol–water partition coefficient (Wildman–Crippen LogP) is 6.36. The van der Waals surface area contributed by atoms with Gasteiger partial charge in [-0.15, -0.1) is 10.2 Å². The number of piperidine rings is 1. The highest BCUT2D eigenvalue weighted by Crippen LogP contribution is 2.34. The van der Waals surface area contributed by atoms with Gasteiger partial charge in [0.25, 0.3) is 5.91 Å². The van der Waals surface area contributed by atoms with Gasteiger partial charge < -0.3 is 15.0 Å². The summed E-state index contributed by atoms with van der Waals surface area (Å²) < 4.78 is 5.48. The van der Waals surface area contributed by atoms with Crippen molar-refractivity contribution in [3.05, 3.63) is 63.6 Å². The lowest BCUT2D eigenvalue weighted by atomic mass is 9.99. The molecule has 2 aromatic carbocycles. The Morgan fingerprint density at radius 2 is 1.79 bits per heavy atom. The number of carbonyl (C=O) groups is 1. The highest BCUT2D eigenvalue weighted by Gasteiger charge is 2.17. The highest BCUT2D eigenvalue weighted by atomic mass is 35.5. The van der Waals surface area contributed by atoms with Crippen LogP contribution in [-0.4, -0.2) is 35.8 Å². The second kappa shape index (κ2) is 10.6. The quantitative estimate of drug-likeness (QED) is 0.395. The molecule has 1 saturated heterocycles. The van der Waals surface area contributed by atoms with Crippen LogP contribution in [0.25, 0.3) is 11.3 Å². The van der Waals surface area contributed by atoms with Gasteiger partial charge in [-0.1, -0.05) is 53.9 Å². The number of hydrogen-bond acceptors (Lipinski definition) is 5. The molecule has 0 saturated carbocycles. The molecule has 4 rings (SSSR count). The van der Waals surface area contributed by atoms with Crippen molar-refractivity contribution in [1.82, 2.24) is 10.2 Å². The molecule has 2 heterocycles. The van der Waals surface area contributed by atoms with Crippen molar-refractivity contribution in [2.45, 2.75) is 19.8 Å². The lowest BCUT2D eigenvalue weighted by Crippen LogP contribution is -2.33. The molecule has 0 unspecified atom stereocenters. The van der Waals surface area contributed by atoms with Crippen LogP contribution in [0, 0.1) is 5.92 Å². The van der Waals surface area contributed by atoms with Crippen molar-refractivity contribution < 1.29 is 9.53 Å². The van der Waals surface area contributed by atoms with Crippen LogP contribution in [0.4, 0.5) is 11.5 Å². The molecule has 9 heteroatoms. The van der Waals surface area contributed by atoms with Crippen LogP contribution < -0.4 is 15.0 Å². The van der Waals surface area contributed by atoms with Crippen molar-refractivity contribution in [1.29, 1.82) is 0 Å². The number of ether oxygens (including phenoxy) is 1. The van der Waals surface area contributed by atoms with Gasteiger partial charge in [0, 0.05) is 30.4 Å². The minimum Gasteiger partial charge on any atom is -0.482 e. The summed E-state index contributed by atoms with van der Waals surface area (Å²) in [5.41, 5.74) is 2.21. The molecule has 0 atom stereocenters. The van der Waals surface area contributed by atoms with Gasteiger partial charge in [0.2, 0.25) is 0 Å². The highest BCUT2D eigenvalue weighted by molar-refractivity contribution is 6.43. The van der Waals surface area contributed by atoms with Crippen LogP contribution in [0.5, 0.6) is 5.75 Å². The van der Waals surface area contributed by atoms with Gasteiger partial charge in [-0.3, -0.25) is 4.79 Å². The van der Waals surface area contributed by atoms with E-state index in [4.69, 9.17) is 39.5 Å². The van der Waals surface area contributed by atoms with Crippen molar-refractivity contribution in [2.24, 2.45) is 5.92 Å². The van der Waals surface area contributed by atoms with Gasteiger partial charge in [-0.25, -0.2) is 0 Å². The minimum absolute atomic E-state index is 0.231. The molecule has 0 spiro atoms. The fraction of sp³-hybridized carbons (Fsp3) is 0.292. The third-order valence-electron chi connectivity index (χ3n) is 5.53. The molecule has 1 aromatic heterocycles. The van der Waals surface area contributed by atoms with Gasteiger partial charge in [-0.2, -0.15) is 0 Å². The second-order valence-corrected chi connectivity index (χ2v) is 9.28. The van der Waals surface area contributed by atoms with E-state index in [1.54, 1.807) is 6.07 Å². The zero-order chi connectivity index (χ0) is 23.4. The number of rotatable bonds is 6. The first-order valence-corrected chi connectivity index (χ1v) is 11.8. The number of aromatic nitrogens is 2. The maximum atomic E-state index is 12.4. The van der Waals surface area contributed by atoms with E-state index in [-0.39, 0.29) is 23.3 Å². The van der Waals surface area contributed by atoms with Gasteiger partial charge >= 0.3 is 0 Å². The Kier molecular flexibility index (Phi) is 7.58. The first-order valence-electron chi connectivity index (χ1n) is 10.7. The summed E-state index contributed by atoms with van der Waals surface area (Å²) in [5.74, 6) is 1.61. The average Bonchev–Trinajstić information content (AvgIpc) is 2.81. The molecule has 1 N–H and O–H groups in total.